The van der Waals surface area contributed by atoms with Crippen LogP contribution in [0.2, 0.25) is 0 Å². The van der Waals surface area contributed by atoms with Crippen LogP contribution >= 0.6 is 11.3 Å². The average Bonchev–Trinajstić information content (AvgIpc) is 2.85. The lowest BCUT2D eigenvalue weighted by Crippen LogP contribution is -2.16. The number of halogens is 3. The molecule has 0 aromatic carbocycles. The van der Waals surface area contributed by atoms with E-state index in [1.54, 1.807) is 5.38 Å². The topological polar surface area (TPSA) is 55.1 Å². The highest BCUT2D eigenvalue weighted by atomic mass is 32.1. The fourth-order valence-electron chi connectivity index (χ4n) is 1.16. The summed E-state index contributed by atoms with van der Waals surface area (Å²) in [6.07, 6.45) is -2.45. The van der Waals surface area contributed by atoms with E-state index < -0.39 is 23.4 Å². The molecular formula is C9H5F3N2O2S. The van der Waals surface area contributed by atoms with Crippen LogP contribution in [0.3, 0.4) is 0 Å². The predicted octanol–water partition coefficient (Wildman–Crippen LogP) is 3.01. The summed E-state index contributed by atoms with van der Waals surface area (Å²) in [4.78, 5) is 15.3. The fourth-order valence-corrected chi connectivity index (χ4v) is 1.68. The number of alkyl halides is 3. The normalized spacial score (nSPS) is 11.5. The molecule has 90 valence electrons. The Morgan fingerprint density at radius 3 is 2.82 bits per heavy atom. The summed E-state index contributed by atoms with van der Waals surface area (Å²) in [5.41, 5.74) is -0.562. The number of aromatic nitrogens is 1. The van der Waals surface area contributed by atoms with E-state index in [1.165, 1.54) is 6.20 Å². The summed E-state index contributed by atoms with van der Waals surface area (Å²) >= 11 is 1.11. The van der Waals surface area contributed by atoms with Gasteiger partial charge < -0.3 is 4.42 Å². The van der Waals surface area contributed by atoms with Gasteiger partial charge in [0.05, 0.1) is 11.8 Å². The van der Waals surface area contributed by atoms with E-state index in [-0.39, 0.29) is 5.13 Å². The van der Waals surface area contributed by atoms with Crippen molar-refractivity contribution in [2.45, 2.75) is 6.18 Å². The molecule has 2 aromatic rings. The first-order valence-corrected chi connectivity index (χ1v) is 5.22. The molecule has 2 rings (SSSR count). The van der Waals surface area contributed by atoms with Gasteiger partial charge in [0.1, 0.15) is 0 Å². The second-order valence-corrected chi connectivity index (χ2v) is 3.85. The molecule has 0 bridgehead atoms. The maximum absolute atomic E-state index is 12.4. The number of amides is 1. The fraction of sp³-hybridized carbons (Fsp3) is 0.111. The predicted molar refractivity (Wildman–Crippen MR) is 53.8 cm³/mol. The summed E-state index contributed by atoms with van der Waals surface area (Å²) in [7, 11) is 0. The molecule has 0 spiro atoms. The Balaban J connectivity index is 2.23. The second kappa shape index (κ2) is 4.21. The van der Waals surface area contributed by atoms with Crippen molar-refractivity contribution in [2.24, 2.45) is 0 Å². The molecule has 8 heteroatoms. The van der Waals surface area contributed by atoms with Crippen molar-refractivity contribution in [1.82, 2.24) is 4.98 Å². The van der Waals surface area contributed by atoms with Gasteiger partial charge in [0.25, 0.3) is 5.91 Å². The van der Waals surface area contributed by atoms with E-state index in [0.717, 1.165) is 23.7 Å². The summed E-state index contributed by atoms with van der Waals surface area (Å²) in [5.74, 6) is -2.22. The third kappa shape index (κ3) is 2.47. The number of nitrogens with one attached hydrogen (secondary N) is 1. The van der Waals surface area contributed by atoms with E-state index in [4.69, 9.17) is 0 Å². The quantitative estimate of drug-likeness (QED) is 0.905. The number of rotatable bonds is 2. The average molecular weight is 262 g/mol. The Bertz CT molecular complexity index is 519. The van der Waals surface area contributed by atoms with Crippen LogP contribution in [0.15, 0.2) is 28.3 Å². The maximum Gasteiger partial charge on any atom is 0.450 e. The third-order valence-electron chi connectivity index (χ3n) is 1.82. The van der Waals surface area contributed by atoms with Gasteiger partial charge in [-0.3, -0.25) is 10.1 Å². The minimum Gasteiger partial charge on any atom is -0.459 e. The van der Waals surface area contributed by atoms with Crippen LogP contribution in [0.4, 0.5) is 18.3 Å². The van der Waals surface area contributed by atoms with Gasteiger partial charge in [0.15, 0.2) is 5.13 Å². The number of nitrogens with zero attached hydrogens (tertiary/aromatic N) is 1. The zero-order valence-electron chi connectivity index (χ0n) is 8.12. The highest BCUT2D eigenvalue weighted by Gasteiger charge is 2.39. The lowest BCUT2D eigenvalue weighted by molar-refractivity contribution is -0.153. The Kier molecular flexibility index (Phi) is 2.88. The van der Waals surface area contributed by atoms with E-state index in [2.05, 4.69) is 14.7 Å². The molecule has 2 heterocycles. The number of anilines is 1. The number of hydrogen-bond acceptors (Lipinski definition) is 4. The van der Waals surface area contributed by atoms with Gasteiger partial charge >= 0.3 is 6.18 Å². The zero-order valence-corrected chi connectivity index (χ0v) is 8.93. The van der Waals surface area contributed by atoms with Gasteiger partial charge in [-0.05, 0) is 6.07 Å². The van der Waals surface area contributed by atoms with Crippen LogP contribution in [0.5, 0.6) is 0 Å². The van der Waals surface area contributed by atoms with Crippen LogP contribution in [0.1, 0.15) is 16.1 Å². The van der Waals surface area contributed by atoms with Crippen molar-refractivity contribution in [3.05, 3.63) is 35.2 Å². The van der Waals surface area contributed by atoms with Crippen molar-refractivity contribution in [3.63, 3.8) is 0 Å². The van der Waals surface area contributed by atoms with E-state index >= 15 is 0 Å². The first-order chi connectivity index (χ1) is 7.98. The highest BCUT2D eigenvalue weighted by molar-refractivity contribution is 7.13. The molecule has 0 saturated heterocycles. The summed E-state index contributed by atoms with van der Waals surface area (Å²) in [5, 5.41) is 4.06. The Hall–Kier alpha value is -1.83. The largest absolute Gasteiger partial charge is 0.459 e. The Morgan fingerprint density at radius 2 is 2.24 bits per heavy atom. The van der Waals surface area contributed by atoms with Gasteiger partial charge in [0, 0.05) is 11.6 Å². The maximum atomic E-state index is 12.4. The lowest BCUT2D eigenvalue weighted by Gasteiger charge is -2.05. The van der Waals surface area contributed by atoms with Crippen molar-refractivity contribution < 1.29 is 22.4 Å². The molecule has 0 aliphatic heterocycles. The lowest BCUT2D eigenvalue weighted by atomic mass is 10.2. The molecule has 0 fully saturated rings. The minimum absolute atomic E-state index is 0.226. The van der Waals surface area contributed by atoms with Gasteiger partial charge in [-0.15, -0.1) is 11.3 Å². The van der Waals surface area contributed by atoms with Crippen molar-refractivity contribution in [2.75, 3.05) is 5.32 Å². The molecule has 4 nitrogen and oxygen atoms in total. The summed E-state index contributed by atoms with van der Waals surface area (Å²) in [6, 6.07) is 0.964. The van der Waals surface area contributed by atoms with Crippen LogP contribution in [-0.2, 0) is 6.18 Å². The number of hydrogen-bond donors (Lipinski definition) is 1. The molecule has 0 saturated carbocycles. The second-order valence-electron chi connectivity index (χ2n) is 2.95. The van der Waals surface area contributed by atoms with Crippen molar-refractivity contribution in [3.8, 4) is 0 Å². The van der Waals surface area contributed by atoms with Crippen LogP contribution < -0.4 is 5.32 Å². The van der Waals surface area contributed by atoms with Gasteiger partial charge in [-0.1, -0.05) is 0 Å². The van der Waals surface area contributed by atoms with Crippen LogP contribution in [0, 0.1) is 0 Å². The summed E-state index contributed by atoms with van der Waals surface area (Å²) in [6.45, 7) is 0. The standard InChI is InChI=1S/C9H5F3N2O2S/c10-9(11,12)6-5(1-3-16-6)7(15)14-8-13-2-4-17-8/h1-4H,(H,13,14,15). The molecule has 2 aromatic heterocycles. The third-order valence-corrected chi connectivity index (χ3v) is 2.51. The first kappa shape index (κ1) is 11.6. The molecule has 17 heavy (non-hydrogen) atoms. The monoisotopic (exact) mass is 262 g/mol. The molecule has 1 N–H and O–H groups in total. The van der Waals surface area contributed by atoms with E-state index in [9.17, 15) is 18.0 Å². The van der Waals surface area contributed by atoms with Crippen LogP contribution in [0.25, 0.3) is 0 Å². The molecular weight excluding hydrogens is 257 g/mol. The number of furan rings is 1. The SMILES string of the molecule is O=C(Nc1nccs1)c1ccoc1C(F)(F)F. The van der Waals surface area contributed by atoms with Crippen LogP contribution in [-0.4, -0.2) is 10.9 Å². The number of carbonyl (C=O) groups is 1. The molecule has 1 amide bonds. The zero-order chi connectivity index (χ0) is 12.5. The molecule has 0 atom stereocenters. The van der Waals surface area contributed by atoms with Crippen molar-refractivity contribution in [1.29, 1.82) is 0 Å². The number of carbonyl (C=O) groups excluding carboxylic acids is 1. The van der Waals surface area contributed by atoms with Crippen molar-refractivity contribution >= 4 is 22.4 Å². The Morgan fingerprint density at radius 1 is 1.47 bits per heavy atom. The molecule has 0 aliphatic rings. The molecule has 0 unspecified atom stereocenters. The van der Waals surface area contributed by atoms with Gasteiger partial charge in [0.2, 0.25) is 5.76 Å². The minimum atomic E-state index is -4.70. The molecule has 0 aliphatic carbocycles. The van der Waals surface area contributed by atoms with Gasteiger partial charge in [-0.2, -0.15) is 13.2 Å². The number of thiazole rings is 1. The summed E-state index contributed by atoms with van der Waals surface area (Å²) < 4.78 is 41.6. The highest BCUT2D eigenvalue weighted by Crippen LogP contribution is 2.33. The van der Waals surface area contributed by atoms with Gasteiger partial charge in [-0.25, -0.2) is 4.98 Å². The smallest absolute Gasteiger partial charge is 0.450 e. The van der Waals surface area contributed by atoms with E-state index in [0.29, 0.717) is 0 Å². The van der Waals surface area contributed by atoms with E-state index in [1.807, 2.05) is 0 Å². The Labute approximate surface area is 97.1 Å². The first-order valence-electron chi connectivity index (χ1n) is 4.34. The molecule has 0 radical (unpaired) electrons.